The summed E-state index contributed by atoms with van der Waals surface area (Å²) in [6.07, 6.45) is 1.71. The Labute approximate surface area is 59.7 Å². The summed E-state index contributed by atoms with van der Waals surface area (Å²) in [5.74, 6) is -1.03. The number of esters is 2. The van der Waals surface area contributed by atoms with Gasteiger partial charge in [-0.15, -0.1) is 6.58 Å². The molecule has 0 atom stereocenters. The van der Waals surface area contributed by atoms with E-state index in [0.717, 1.165) is 0 Å². The number of carbonyl (C=O) groups is 2. The van der Waals surface area contributed by atoms with E-state index in [1.807, 2.05) is 0 Å². The number of carbonyl (C=O) groups excluding carboxylic acids is 2. The molecule has 0 aromatic rings. The lowest BCUT2D eigenvalue weighted by Crippen LogP contribution is -2.09. The number of ether oxygens (including phenoxy) is 1. The molecule has 0 N–H and O–H groups in total. The third kappa shape index (κ3) is 3.83. The highest BCUT2D eigenvalue weighted by molar-refractivity contribution is 5.85. The molecule has 0 aliphatic rings. The maximum atomic E-state index is 10.5. The molecule has 56 valence electrons. The summed E-state index contributed by atoms with van der Waals surface area (Å²) in [6, 6.07) is 0. The van der Waals surface area contributed by atoms with E-state index in [2.05, 4.69) is 11.3 Å². The first-order valence-corrected chi connectivity index (χ1v) is 3.05. The van der Waals surface area contributed by atoms with Crippen LogP contribution < -0.4 is 0 Å². The standard InChI is InChI=1S/C7H10O3/c1-3-5-7(9)10-6(8)4-2/h3H,1,4-5H2,2H3. The van der Waals surface area contributed by atoms with Crippen molar-refractivity contribution in [3.8, 4) is 0 Å². The van der Waals surface area contributed by atoms with Crippen molar-refractivity contribution >= 4 is 11.9 Å². The van der Waals surface area contributed by atoms with Crippen molar-refractivity contribution in [2.24, 2.45) is 0 Å². The van der Waals surface area contributed by atoms with Gasteiger partial charge in [0.25, 0.3) is 0 Å². The van der Waals surface area contributed by atoms with Crippen LogP contribution in [0.3, 0.4) is 0 Å². The summed E-state index contributed by atoms with van der Waals surface area (Å²) in [6.45, 7) is 4.95. The van der Waals surface area contributed by atoms with Crippen LogP contribution in [0.5, 0.6) is 0 Å². The summed E-state index contributed by atoms with van der Waals surface area (Å²) in [7, 11) is 0. The second kappa shape index (κ2) is 4.73. The first kappa shape index (κ1) is 8.88. The predicted molar refractivity (Wildman–Crippen MR) is 36.2 cm³/mol. The number of hydrogen-bond donors (Lipinski definition) is 0. The van der Waals surface area contributed by atoms with Crippen LogP contribution in [0, 0.1) is 0 Å². The van der Waals surface area contributed by atoms with Crippen molar-refractivity contribution in [2.45, 2.75) is 19.8 Å². The van der Waals surface area contributed by atoms with Crippen molar-refractivity contribution in [1.82, 2.24) is 0 Å². The highest BCUT2D eigenvalue weighted by atomic mass is 16.6. The summed E-state index contributed by atoms with van der Waals surface area (Å²) < 4.78 is 4.29. The molecule has 0 saturated heterocycles. The molecule has 0 aliphatic carbocycles. The van der Waals surface area contributed by atoms with Crippen molar-refractivity contribution < 1.29 is 14.3 Å². The zero-order valence-corrected chi connectivity index (χ0v) is 5.92. The Morgan fingerprint density at radius 2 is 2.10 bits per heavy atom. The molecule has 10 heavy (non-hydrogen) atoms. The van der Waals surface area contributed by atoms with Crippen LogP contribution in [0.15, 0.2) is 12.7 Å². The monoisotopic (exact) mass is 142 g/mol. The fraction of sp³-hybridized carbons (Fsp3) is 0.429. The second-order valence-electron chi connectivity index (χ2n) is 1.69. The normalized spacial score (nSPS) is 8.50. The zero-order valence-electron chi connectivity index (χ0n) is 5.92. The molecular formula is C7H10O3. The highest BCUT2D eigenvalue weighted by Crippen LogP contribution is 1.90. The molecule has 3 heteroatoms. The largest absolute Gasteiger partial charge is 0.393 e. The first-order valence-electron chi connectivity index (χ1n) is 3.05. The second-order valence-corrected chi connectivity index (χ2v) is 1.69. The van der Waals surface area contributed by atoms with Gasteiger partial charge in [-0.3, -0.25) is 9.59 Å². The van der Waals surface area contributed by atoms with Gasteiger partial charge < -0.3 is 4.74 Å². The van der Waals surface area contributed by atoms with Gasteiger partial charge in [-0.25, -0.2) is 0 Å². The molecule has 0 aromatic heterocycles. The Bertz CT molecular complexity index is 149. The van der Waals surface area contributed by atoms with Crippen LogP contribution in [0.4, 0.5) is 0 Å². The van der Waals surface area contributed by atoms with Crippen LogP contribution >= 0.6 is 0 Å². The minimum absolute atomic E-state index is 0.0890. The van der Waals surface area contributed by atoms with Crippen molar-refractivity contribution in [2.75, 3.05) is 0 Å². The predicted octanol–water partition coefficient (Wildman–Crippen LogP) is 1.04. The van der Waals surface area contributed by atoms with Gasteiger partial charge in [-0.1, -0.05) is 13.0 Å². The number of rotatable bonds is 3. The molecular weight excluding hydrogens is 132 g/mol. The van der Waals surface area contributed by atoms with Gasteiger partial charge >= 0.3 is 11.9 Å². The molecule has 3 nitrogen and oxygen atoms in total. The molecule has 0 saturated carbocycles. The molecule has 0 aromatic carbocycles. The quantitative estimate of drug-likeness (QED) is 0.336. The van der Waals surface area contributed by atoms with Gasteiger partial charge in [-0.05, 0) is 0 Å². The van der Waals surface area contributed by atoms with E-state index in [1.54, 1.807) is 6.92 Å². The molecule has 0 aliphatic heterocycles. The SMILES string of the molecule is C=CCC(=O)OC(=O)CC. The number of hydrogen-bond acceptors (Lipinski definition) is 3. The Kier molecular flexibility index (Phi) is 4.20. The maximum Gasteiger partial charge on any atom is 0.317 e. The molecule has 0 spiro atoms. The Morgan fingerprint density at radius 3 is 2.50 bits per heavy atom. The third-order valence-electron chi connectivity index (χ3n) is 0.827. The van der Waals surface area contributed by atoms with Crippen LogP contribution in [0.1, 0.15) is 19.8 Å². The molecule has 0 bridgehead atoms. The van der Waals surface area contributed by atoms with Gasteiger partial charge in [0, 0.05) is 6.42 Å². The van der Waals surface area contributed by atoms with E-state index in [-0.39, 0.29) is 12.8 Å². The molecule has 0 unspecified atom stereocenters. The molecule has 0 rings (SSSR count). The van der Waals surface area contributed by atoms with E-state index in [0.29, 0.717) is 0 Å². The lowest BCUT2D eigenvalue weighted by Gasteiger charge is -1.95. The molecule has 0 radical (unpaired) electrons. The lowest BCUT2D eigenvalue weighted by molar-refractivity contribution is -0.158. The third-order valence-corrected chi connectivity index (χ3v) is 0.827. The maximum absolute atomic E-state index is 10.5. The van der Waals surface area contributed by atoms with Crippen LogP contribution in [-0.4, -0.2) is 11.9 Å². The lowest BCUT2D eigenvalue weighted by atomic mass is 10.4. The minimum Gasteiger partial charge on any atom is -0.393 e. The van der Waals surface area contributed by atoms with Crippen LogP contribution in [0.25, 0.3) is 0 Å². The van der Waals surface area contributed by atoms with Crippen molar-refractivity contribution in [3.63, 3.8) is 0 Å². The summed E-state index contributed by atoms with van der Waals surface area (Å²) in [5, 5.41) is 0. The van der Waals surface area contributed by atoms with Gasteiger partial charge in [0.05, 0.1) is 6.42 Å². The van der Waals surface area contributed by atoms with E-state index in [9.17, 15) is 9.59 Å². The molecule has 0 heterocycles. The topological polar surface area (TPSA) is 43.4 Å². The van der Waals surface area contributed by atoms with Crippen LogP contribution in [-0.2, 0) is 14.3 Å². The average Bonchev–Trinajstić information content (AvgIpc) is 1.88. The highest BCUT2D eigenvalue weighted by Gasteiger charge is 2.04. The average molecular weight is 142 g/mol. The van der Waals surface area contributed by atoms with E-state index in [4.69, 9.17) is 0 Å². The van der Waals surface area contributed by atoms with Gasteiger partial charge in [0.1, 0.15) is 0 Å². The Balaban J connectivity index is 3.57. The first-order chi connectivity index (χ1) is 4.70. The van der Waals surface area contributed by atoms with Crippen LogP contribution in [0.2, 0.25) is 0 Å². The molecule has 0 amide bonds. The van der Waals surface area contributed by atoms with E-state index in [1.165, 1.54) is 6.08 Å². The summed E-state index contributed by atoms with van der Waals surface area (Å²) in [4.78, 5) is 20.9. The Hall–Kier alpha value is -1.12. The van der Waals surface area contributed by atoms with Crippen molar-refractivity contribution in [1.29, 1.82) is 0 Å². The molecule has 0 fully saturated rings. The summed E-state index contributed by atoms with van der Waals surface area (Å²) >= 11 is 0. The Morgan fingerprint density at radius 1 is 1.50 bits per heavy atom. The minimum atomic E-state index is -0.540. The van der Waals surface area contributed by atoms with Gasteiger partial charge in [0.15, 0.2) is 0 Å². The fourth-order valence-corrected chi connectivity index (χ4v) is 0.359. The van der Waals surface area contributed by atoms with Gasteiger partial charge in [0.2, 0.25) is 0 Å². The fourth-order valence-electron chi connectivity index (χ4n) is 0.359. The smallest absolute Gasteiger partial charge is 0.317 e. The van der Waals surface area contributed by atoms with E-state index < -0.39 is 11.9 Å². The summed E-state index contributed by atoms with van der Waals surface area (Å²) in [5.41, 5.74) is 0. The van der Waals surface area contributed by atoms with E-state index >= 15 is 0 Å². The zero-order chi connectivity index (χ0) is 7.98. The van der Waals surface area contributed by atoms with Gasteiger partial charge in [-0.2, -0.15) is 0 Å². The van der Waals surface area contributed by atoms with Crippen molar-refractivity contribution in [3.05, 3.63) is 12.7 Å².